The highest BCUT2D eigenvalue weighted by Gasteiger charge is 2.15. The van der Waals surface area contributed by atoms with Crippen LogP contribution in [0.3, 0.4) is 0 Å². The maximum atomic E-state index is 13.4. The van der Waals surface area contributed by atoms with Crippen LogP contribution in [-0.4, -0.2) is 18.0 Å². The van der Waals surface area contributed by atoms with Crippen LogP contribution < -0.4 is 15.8 Å². The van der Waals surface area contributed by atoms with Gasteiger partial charge in [0.1, 0.15) is 17.1 Å². The minimum Gasteiger partial charge on any atom is -0.494 e. The fourth-order valence-electron chi connectivity index (χ4n) is 2.04. The van der Waals surface area contributed by atoms with Crippen LogP contribution in [0.15, 0.2) is 36.4 Å². The monoisotopic (exact) mass is 317 g/mol. The largest absolute Gasteiger partial charge is 0.494 e. The van der Waals surface area contributed by atoms with Crippen molar-refractivity contribution < 1.29 is 13.9 Å². The van der Waals surface area contributed by atoms with Gasteiger partial charge in [-0.3, -0.25) is 10.1 Å². The van der Waals surface area contributed by atoms with Gasteiger partial charge in [0.2, 0.25) is 0 Å². The third-order valence-corrected chi connectivity index (χ3v) is 4.06. The van der Waals surface area contributed by atoms with E-state index in [1.54, 1.807) is 13.2 Å². The van der Waals surface area contributed by atoms with Gasteiger partial charge in [-0.15, -0.1) is 0 Å². The summed E-state index contributed by atoms with van der Waals surface area (Å²) in [5.74, 6) is -0.506. The number of nitrogens with two attached hydrogens (primary N) is 1. The molecular weight excluding hydrogens is 305 g/mol. The van der Waals surface area contributed by atoms with E-state index in [4.69, 9.17) is 10.5 Å². The van der Waals surface area contributed by atoms with Gasteiger partial charge < -0.3 is 10.5 Å². The molecule has 3 aromatic rings. The number of ether oxygens (including phenoxy) is 1. The number of thiazole rings is 1. The Hall–Kier alpha value is -2.67. The number of carbonyl (C=O) groups excluding carboxylic acids is 1. The van der Waals surface area contributed by atoms with Crippen LogP contribution in [0.4, 0.5) is 15.2 Å². The van der Waals surface area contributed by atoms with E-state index in [1.807, 2.05) is 12.1 Å². The Labute approximate surface area is 129 Å². The molecule has 0 aliphatic carbocycles. The molecule has 1 heterocycles. The third-order valence-electron chi connectivity index (χ3n) is 3.12. The van der Waals surface area contributed by atoms with Gasteiger partial charge in [0.25, 0.3) is 5.91 Å². The zero-order valence-corrected chi connectivity index (χ0v) is 12.4. The van der Waals surface area contributed by atoms with Crippen LogP contribution in [-0.2, 0) is 0 Å². The summed E-state index contributed by atoms with van der Waals surface area (Å²) >= 11 is 1.30. The highest BCUT2D eigenvalue weighted by Crippen LogP contribution is 2.32. The molecular formula is C15H12FN3O2S. The summed E-state index contributed by atoms with van der Waals surface area (Å²) in [7, 11) is 1.56. The quantitative estimate of drug-likeness (QED) is 0.727. The van der Waals surface area contributed by atoms with Crippen LogP contribution in [0.2, 0.25) is 0 Å². The summed E-state index contributed by atoms with van der Waals surface area (Å²) in [6.45, 7) is 0. The molecule has 112 valence electrons. The lowest BCUT2D eigenvalue weighted by atomic mass is 10.1. The van der Waals surface area contributed by atoms with Gasteiger partial charge in [-0.2, -0.15) is 0 Å². The molecule has 7 heteroatoms. The molecule has 0 saturated heterocycles. The molecule has 1 amide bonds. The molecule has 22 heavy (non-hydrogen) atoms. The smallest absolute Gasteiger partial charge is 0.259 e. The number of rotatable bonds is 3. The van der Waals surface area contributed by atoms with E-state index in [0.717, 1.165) is 4.70 Å². The number of aromatic nitrogens is 1. The van der Waals surface area contributed by atoms with Gasteiger partial charge in [0.15, 0.2) is 5.13 Å². The molecule has 0 aliphatic rings. The zero-order chi connectivity index (χ0) is 15.7. The highest BCUT2D eigenvalue weighted by molar-refractivity contribution is 7.22. The molecule has 3 N–H and O–H groups in total. The number of nitrogen functional groups attached to an aromatic ring is 1. The number of halogens is 1. The lowest BCUT2D eigenvalue weighted by Gasteiger charge is -2.05. The van der Waals surface area contributed by atoms with Crippen LogP contribution in [0.25, 0.3) is 10.2 Å². The van der Waals surface area contributed by atoms with Gasteiger partial charge in [-0.25, -0.2) is 9.37 Å². The molecule has 0 bridgehead atoms. The van der Waals surface area contributed by atoms with Crippen LogP contribution in [0, 0.1) is 5.82 Å². The molecule has 0 spiro atoms. The predicted octanol–water partition coefficient (Wildman–Crippen LogP) is 3.28. The van der Waals surface area contributed by atoms with E-state index in [-0.39, 0.29) is 11.3 Å². The number of nitrogens with zero attached hydrogens (tertiary/aromatic N) is 1. The number of carbonyl (C=O) groups is 1. The van der Waals surface area contributed by atoms with Crippen molar-refractivity contribution in [1.82, 2.24) is 4.98 Å². The number of fused-ring (bicyclic) bond motifs is 1. The summed E-state index contributed by atoms with van der Waals surface area (Å²) in [5, 5.41) is 3.03. The second-order valence-corrected chi connectivity index (χ2v) is 5.51. The van der Waals surface area contributed by atoms with Crippen molar-refractivity contribution in [2.45, 2.75) is 0 Å². The summed E-state index contributed by atoms with van der Waals surface area (Å²) in [6.07, 6.45) is 0. The fraction of sp³-hybridized carbons (Fsp3) is 0.0667. The minimum absolute atomic E-state index is 0.0752. The molecule has 2 aromatic carbocycles. The predicted molar refractivity (Wildman–Crippen MR) is 84.9 cm³/mol. The standard InChI is InChI=1S/C15H12FN3O2S/c1-21-10-6-3-7-11-13(10)18-15(22-11)19-14(20)8-4-2-5-9(16)12(8)17/h2-7H,17H2,1H3,(H,18,19,20). The van der Waals surface area contributed by atoms with Crippen LogP contribution >= 0.6 is 11.3 Å². The Bertz CT molecular complexity index is 863. The molecule has 3 rings (SSSR count). The molecule has 0 radical (unpaired) electrons. The Balaban J connectivity index is 1.93. The summed E-state index contributed by atoms with van der Waals surface area (Å²) in [4.78, 5) is 16.5. The topological polar surface area (TPSA) is 77.2 Å². The van der Waals surface area contributed by atoms with E-state index in [2.05, 4.69) is 10.3 Å². The molecule has 5 nitrogen and oxygen atoms in total. The maximum Gasteiger partial charge on any atom is 0.259 e. The number of methoxy groups -OCH3 is 1. The SMILES string of the molecule is COc1cccc2sc(NC(=O)c3cccc(F)c3N)nc12. The van der Waals surface area contributed by atoms with Crippen LogP contribution in [0.5, 0.6) is 5.75 Å². The highest BCUT2D eigenvalue weighted by atomic mass is 32.1. The zero-order valence-electron chi connectivity index (χ0n) is 11.6. The first-order valence-corrected chi connectivity index (χ1v) is 7.20. The van der Waals surface area contributed by atoms with E-state index < -0.39 is 11.7 Å². The van der Waals surface area contributed by atoms with Crippen molar-refractivity contribution in [2.24, 2.45) is 0 Å². The lowest BCUT2D eigenvalue weighted by Crippen LogP contribution is -2.14. The number of para-hydroxylation sites is 2. The van der Waals surface area contributed by atoms with Gasteiger partial charge in [0, 0.05) is 0 Å². The van der Waals surface area contributed by atoms with Gasteiger partial charge in [-0.05, 0) is 24.3 Å². The molecule has 0 unspecified atom stereocenters. The van der Waals surface area contributed by atoms with Gasteiger partial charge in [0.05, 0.1) is 23.1 Å². The van der Waals surface area contributed by atoms with Gasteiger partial charge in [-0.1, -0.05) is 23.5 Å². The first kappa shape index (κ1) is 14.3. The summed E-state index contributed by atoms with van der Waals surface area (Å²) < 4.78 is 19.5. The number of hydrogen-bond acceptors (Lipinski definition) is 5. The van der Waals surface area contributed by atoms with Crippen molar-refractivity contribution in [3.63, 3.8) is 0 Å². The maximum absolute atomic E-state index is 13.4. The van der Waals surface area contributed by atoms with Crippen molar-refractivity contribution in [1.29, 1.82) is 0 Å². The van der Waals surface area contributed by atoms with Crippen molar-refractivity contribution in [2.75, 3.05) is 18.2 Å². The van der Waals surface area contributed by atoms with E-state index in [0.29, 0.717) is 16.4 Å². The Kier molecular flexibility index (Phi) is 3.64. The van der Waals surface area contributed by atoms with E-state index in [1.165, 1.54) is 29.5 Å². The van der Waals surface area contributed by atoms with Crippen molar-refractivity contribution in [3.05, 3.63) is 47.8 Å². The number of hydrogen-bond donors (Lipinski definition) is 2. The molecule has 0 fully saturated rings. The van der Waals surface area contributed by atoms with E-state index >= 15 is 0 Å². The lowest BCUT2D eigenvalue weighted by molar-refractivity contribution is 0.102. The molecule has 0 aliphatic heterocycles. The molecule has 0 atom stereocenters. The van der Waals surface area contributed by atoms with Crippen molar-refractivity contribution in [3.8, 4) is 5.75 Å². The normalized spacial score (nSPS) is 10.6. The van der Waals surface area contributed by atoms with Gasteiger partial charge >= 0.3 is 0 Å². The second-order valence-electron chi connectivity index (χ2n) is 4.48. The Morgan fingerprint density at radius 1 is 1.32 bits per heavy atom. The number of anilines is 2. The second kappa shape index (κ2) is 5.61. The van der Waals surface area contributed by atoms with Crippen molar-refractivity contribution >= 4 is 38.3 Å². The number of benzene rings is 2. The van der Waals surface area contributed by atoms with Crippen LogP contribution in [0.1, 0.15) is 10.4 Å². The summed E-state index contributed by atoms with van der Waals surface area (Å²) in [5.41, 5.74) is 6.14. The fourth-order valence-corrected chi connectivity index (χ4v) is 2.92. The number of nitrogens with one attached hydrogen (secondary N) is 1. The first-order valence-electron chi connectivity index (χ1n) is 6.39. The number of amides is 1. The molecule has 0 saturated carbocycles. The Morgan fingerprint density at radius 3 is 2.86 bits per heavy atom. The average molecular weight is 317 g/mol. The summed E-state index contributed by atoms with van der Waals surface area (Å²) in [6, 6.07) is 9.60. The third kappa shape index (κ3) is 2.46. The Morgan fingerprint density at radius 2 is 2.09 bits per heavy atom. The average Bonchev–Trinajstić information content (AvgIpc) is 2.92. The minimum atomic E-state index is -0.626. The molecule has 1 aromatic heterocycles. The van der Waals surface area contributed by atoms with E-state index in [9.17, 15) is 9.18 Å². The first-order chi connectivity index (χ1) is 10.6.